The molecule has 0 saturated carbocycles. The fourth-order valence-electron chi connectivity index (χ4n) is 3.70. The molecule has 2 heterocycles. The number of hydrogen-bond acceptors (Lipinski definition) is 6. The topological polar surface area (TPSA) is 112 Å². The van der Waals surface area contributed by atoms with Crippen molar-refractivity contribution in [2.24, 2.45) is 10.7 Å². The quantitative estimate of drug-likeness (QED) is 0.702. The molecular formula is C21H27N7O. The van der Waals surface area contributed by atoms with Crippen LogP contribution in [0.1, 0.15) is 36.5 Å². The zero-order chi connectivity index (χ0) is 20.9. The standard InChI is InChI=1S/C21H27N7O/c1-16(24-2)14-27-12-9-21(8-11-22,10-13-27)28-15-18(19(23)29)20(26-28)25-17-6-4-3-5-7-17/h3-7,15H,8-10,12-14H2,1-2H3,(H2,23,29)(H,25,26)/b24-16+. The van der Waals surface area contributed by atoms with Crippen molar-refractivity contribution in [1.82, 2.24) is 14.7 Å². The molecule has 1 aliphatic rings. The van der Waals surface area contributed by atoms with Gasteiger partial charge >= 0.3 is 0 Å². The van der Waals surface area contributed by atoms with Crippen molar-refractivity contribution in [3.63, 3.8) is 0 Å². The summed E-state index contributed by atoms with van der Waals surface area (Å²) in [5.41, 5.74) is 7.37. The van der Waals surface area contributed by atoms with E-state index in [4.69, 9.17) is 5.73 Å². The molecule has 0 aliphatic carbocycles. The van der Waals surface area contributed by atoms with E-state index in [9.17, 15) is 10.1 Å². The summed E-state index contributed by atoms with van der Waals surface area (Å²) >= 11 is 0. The third kappa shape index (κ3) is 4.63. The molecule has 0 radical (unpaired) electrons. The lowest BCUT2D eigenvalue weighted by molar-refractivity contribution is 0.0998. The summed E-state index contributed by atoms with van der Waals surface area (Å²) in [6, 6.07) is 11.8. The highest BCUT2D eigenvalue weighted by Crippen LogP contribution is 2.35. The van der Waals surface area contributed by atoms with Gasteiger partial charge in [0.15, 0.2) is 5.82 Å². The summed E-state index contributed by atoms with van der Waals surface area (Å²) in [6.07, 6.45) is 3.54. The molecule has 2 aromatic rings. The summed E-state index contributed by atoms with van der Waals surface area (Å²) in [7, 11) is 1.80. The molecule has 1 aliphatic heterocycles. The van der Waals surface area contributed by atoms with Gasteiger partial charge in [0, 0.05) is 44.3 Å². The molecule has 1 amide bonds. The molecule has 8 nitrogen and oxygen atoms in total. The number of nitrogens with zero attached hydrogens (tertiary/aromatic N) is 5. The van der Waals surface area contributed by atoms with Crippen molar-refractivity contribution in [1.29, 1.82) is 5.26 Å². The van der Waals surface area contributed by atoms with Gasteiger partial charge in [-0.15, -0.1) is 0 Å². The van der Waals surface area contributed by atoms with Crippen LogP contribution in [-0.2, 0) is 5.54 Å². The maximum atomic E-state index is 12.0. The van der Waals surface area contributed by atoms with Crippen LogP contribution in [0.15, 0.2) is 41.5 Å². The number of carbonyl (C=O) groups excluding carboxylic acids is 1. The van der Waals surface area contributed by atoms with Gasteiger partial charge in [0.2, 0.25) is 0 Å². The number of nitriles is 1. The number of piperidine rings is 1. The predicted octanol–water partition coefficient (Wildman–Crippen LogP) is 2.52. The first-order chi connectivity index (χ1) is 14.0. The Kier molecular flexibility index (Phi) is 6.29. The molecule has 1 saturated heterocycles. The first-order valence-corrected chi connectivity index (χ1v) is 9.71. The third-order valence-corrected chi connectivity index (χ3v) is 5.53. The van der Waals surface area contributed by atoms with Crippen LogP contribution in [0.5, 0.6) is 0 Å². The number of nitrogens with one attached hydrogen (secondary N) is 1. The summed E-state index contributed by atoms with van der Waals surface area (Å²) in [5.74, 6) is -0.133. The lowest BCUT2D eigenvalue weighted by Crippen LogP contribution is -2.47. The van der Waals surface area contributed by atoms with Crippen LogP contribution >= 0.6 is 0 Å². The maximum Gasteiger partial charge on any atom is 0.254 e. The number of likely N-dealkylation sites (tertiary alicyclic amines) is 1. The van der Waals surface area contributed by atoms with Crippen LogP contribution in [0.25, 0.3) is 0 Å². The van der Waals surface area contributed by atoms with Crippen molar-refractivity contribution in [2.75, 3.05) is 32.0 Å². The van der Waals surface area contributed by atoms with Crippen LogP contribution in [0.2, 0.25) is 0 Å². The third-order valence-electron chi connectivity index (χ3n) is 5.53. The minimum absolute atomic E-state index is 0.322. The number of carbonyl (C=O) groups is 1. The van der Waals surface area contributed by atoms with Crippen molar-refractivity contribution in [3.8, 4) is 6.07 Å². The largest absolute Gasteiger partial charge is 0.365 e. The number of nitrogens with two attached hydrogens (primary N) is 1. The number of aromatic nitrogens is 2. The fraction of sp³-hybridized carbons (Fsp3) is 0.429. The monoisotopic (exact) mass is 393 g/mol. The zero-order valence-electron chi connectivity index (χ0n) is 16.9. The minimum atomic E-state index is -0.547. The Labute approximate surface area is 171 Å². The summed E-state index contributed by atoms with van der Waals surface area (Å²) in [5, 5.41) is 17.3. The highest BCUT2D eigenvalue weighted by atomic mass is 16.1. The molecule has 1 aromatic heterocycles. The lowest BCUT2D eigenvalue weighted by Gasteiger charge is -2.40. The van der Waals surface area contributed by atoms with Crippen LogP contribution in [0, 0.1) is 11.3 Å². The second-order valence-electron chi connectivity index (χ2n) is 7.49. The van der Waals surface area contributed by atoms with Crippen LogP contribution < -0.4 is 11.1 Å². The van der Waals surface area contributed by atoms with E-state index in [2.05, 4.69) is 26.4 Å². The van der Waals surface area contributed by atoms with E-state index in [-0.39, 0.29) is 0 Å². The van der Waals surface area contributed by atoms with E-state index in [0.29, 0.717) is 17.8 Å². The van der Waals surface area contributed by atoms with Gasteiger partial charge < -0.3 is 11.1 Å². The summed E-state index contributed by atoms with van der Waals surface area (Å²) in [4.78, 5) is 18.6. The summed E-state index contributed by atoms with van der Waals surface area (Å²) in [6.45, 7) is 4.51. The zero-order valence-corrected chi connectivity index (χ0v) is 16.9. The Balaban J connectivity index is 1.87. The normalized spacial score (nSPS) is 16.9. The Hall–Kier alpha value is -3.18. The van der Waals surface area contributed by atoms with Crippen molar-refractivity contribution >= 4 is 23.1 Å². The molecular weight excluding hydrogens is 366 g/mol. The molecule has 0 atom stereocenters. The molecule has 1 aromatic carbocycles. The second kappa shape index (κ2) is 8.88. The van der Waals surface area contributed by atoms with E-state index >= 15 is 0 Å². The number of anilines is 2. The first-order valence-electron chi connectivity index (χ1n) is 9.71. The van der Waals surface area contributed by atoms with Gasteiger partial charge in [0.25, 0.3) is 5.91 Å². The van der Waals surface area contributed by atoms with Crippen LogP contribution in [0.3, 0.4) is 0 Å². The Morgan fingerprint density at radius 2 is 2.03 bits per heavy atom. The van der Waals surface area contributed by atoms with Crippen LogP contribution in [-0.4, -0.2) is 53.0 Å². The average Bonchev–Trinajstić information content (AvgIpc) is 3.15. The number of benzene rings is 1. The number of amides is 1. The molecule has 8 heteroatoms. The SMILES string of the molecule is C/N=C(\C)CN1CCC(CC#N)(n2cc(C(N)=O)c(Nc3ccccc3)n2)CC1. The highest BCUT2D eigenvalue weighted by Gasteiger charge is 2.38. The number of rotatable bonds is 7. The molecule has 1 fully saturated rings. The number of hydrogen-bond donors (Lipinski definition) is 2. The molecule has 3 N–H and O–H groups in total. The maximum absolute atomic E-state index is 12.0. The number of para-hydroxylation sites is 1. The van der Waals surface area contributed by atoms with Crippen molar-refractivity contribution in [2.45, 2.75) is 31.7 Å². The minimum Gasteiger partial charge on any atom is -0.365 e. The average molecular weight is 393 g/mol. The molecule has 0 spiro atoms. The van der Waals surface area contributed by atoms with Gasteiger partial charge in [-0.1, -0.05) is 18.2 Å². The predicted molar refractivity (Wildman–Crippen MR) is 113 cm³/mol. The van der Waals surface area contributed by atoms with Crippen molar-refractivity contribution < 1.29 is 4.79 Å². The van der Waals surface area contributed by atoms with Crippen LogP contribution in [0.4, 0.5) is 11.5 Å². The summed E-state index contributed by atoms with van der Waals surface area (Å²) < 4.78 is 1.78. The fourth-order valence-corrected chi connectivity index (χ4v) is 3.70. The van der Waals surface area contributed by atoms with E-state index < -0.39 is 11.4 Å². The number of primary amides is 1. The first kappa shape index (κ1) is 20.6. The number of aliphatic imine (C=N–C) groups is 1. The molecule has 3 rings (SSSR count). The van der Waals surface area contributed by atoms with Crippen molar-refractivity contribution in [3.05, 3.63) is 42.1 Å². The smallest absolute Gasteiger partial charge is 0.254 e. The Bertz CT molecular complexity index is 918. The van der Waals surface area contributed by atoms with E-state index in [1.165, 1.54) is 0 Å². The van der Waals surface area contributed by atoms with Gasteiger partial charge in [-0.3, -0.25) is 19.4 Å². The highest BCUT2D eigenvalue weighted by molar-refractivity contribution is 5.98. The Morgan fingerprint density at radius 1 is 1.34 bits per heavy atom. The second-order valence-corrected chi connectivity index (χ2v) is 7.49. The van der Waals surface area contributed by atoms with Gasteiger partial charge in [0.1, 0.15) is 5.56 Å². The molecule has 0 bridgehead atoms. The van der Waals surface area contributed by atoms with Gasteiger partial charge in [-0.2, -0.15) is 10.4 Å². The molecule has 29 heavy (non-hydrogen) atoms. The molecule has 152 valence electrons. The molecule has 0 unspecified atom stereocenters. The lowest BCUT2D eigenvalue weighted by atomic mass is 9.85. The van der Waals surface area contributed by atoms with Gasteiger partial charge in [-0.25, -0.2) is 0 Å². The van der Waals surface area contributed by atoms with E-state index in [1.54, 1.807) is 17.9 Å². The van der Waals surface area contributed by atoms with Gasteiger partial charge in [-0.05, 0) is 31.9 Å². The van der Waals surface area contributed by atoms with Gasteiger partial charge in [0.05, 0.1) is 18.0 Å². The van der Waals surface area contributed by atoms with E-state index in [0.717, 1.165) is 43.9 Å². The Morgan fingerprint density at radius 3 is 2.62 bits per heavy atom. The van der Waals surface area contributed by atoms with E-state index in [1.807, 2.05) is 37.3 Å².